The third-order valence-corrected chi connectivity index (χ3v) is 16.3. The van der Waals surface area contributed by atoms with Gasteiger partial charge in [0.15, 0.2) is 12.6 Å². The summed E-state index contributed by atoms with van der Waals surface area (Å²) in [6, 6.07) is -9.53. The molecular weight excluding hydrogens is 1120 g/mol. The van der Waals surface area contributed by atoms with Gasteiger partial charge in [0.25, 0.3) is 0 Å². The second-order valence-electron chi connectivity index (χ2n) is 18.6. The molecule has 35 nitrogen and oxygen atoms in total. The number of aliphatic hydroxyl groups is 4. The molecule has 7 amide bonds. The van der Waals surface area contributed by atoms with Crippen molar-refractivity contribution in [3.8, 4) is 0 Å². The molecule has 454 valence electrons. The van der Waals surface area contributed by atoms with Crippen LogP contribution in [0.3, 0.4) is 0 Å². The number of aromatic nitrogens is 3. The molecule has 0 spiro atoms. The lowest BCUT2D eigenvalue weighted by molar-refractivity contribution is -0.334. The number of carbonyl (C=O) groups excluding carboxylic acids is 9. The minimum Gasteiger partial charge on any atom is -0.772 e. The number of nitrogens with zero attached hydrogens (tertiary/aromatic N) is 3. The number of hydrogen-bond acceptors (Lipinski definition) is 27. The summed E-state index contributed by atoms with van der Waals surface area (Å²) in [5.74, 6) is -9.66. The highest BCUT2D eigenvalue weighted by Crippen LogP contribution is 2.72. The van der Waals surface area contributed by atoms with Crippen molar-refractivity contribution >= 4 is 67.9 Å². The maximum atomic E-state index is 13.7. The Balaban J connectivity index is 1.71. The van der Waals surface area contributed by atoms with Crippen molar-refractivity contribution in [3.63, 3.8) is 0 Å². The SMILES string of the molecule is COP(=O)([O-])P(=O)([O-])O[C@H]1O[C@H](CO)C(O[C@@H]2O[C@H](CO)[C@@H](O)[C@H](O)[C@H]2NC(C)=O)[C@H](O[C@H](C)C(=O)N[C@@H](C)C(=O)N[C@H](CCC(=O)N[C@H](CCCCn2cc(CCCC(NC(C)=O)C(=O)[O-])nn2)C(=O)[O-])C(N)=O)[C@H]1NC(C)=O. The number of nitrogens with two attached hydrogens (primary N) is 1. The van der Waals surface area contributed by atoms with Crippen LogP contribution in [-0.4, -0.2) is 201 Å². The molecule has 0 bridgehead atoms. The monoisotopic (exact) mass is 1190 g/mol. The molecule has 3 heterocycles. The molecule has 2 aliphatic rings. The summed E-state index contributed by atoms with van der Waals surface area (Å²) >= 11 is 0. The first-order valence-electron chi connectivity index (χ1n) is 24.7. The molecule has 17 atom stereocenters. The largest absolute Gasteiger partial charge is 0.772 e. The Kier molecular flexibility index (Phi) is 27.0. The minimum absolute atomic E-state index is 0.0920. The van der Waals surface area contributed by atoms with Gasteiger partial charge >= 0.3 is 0 Å². The van der Waals surface area contributed by atoms with Gasteiger partial charge in [0.05, 0.1) is 42.9 Å². The number of rotatable bonds is 33. The Hall–Kier alpha value is -5.65. The zero-order valence-corrected chi connectivity index (χ0v) is 46.0. The number of aliphatic hydroxyl groups excluding tert-OH is 4. The number of carboxylic acids is 2. The van der Waals surface area contributed by atoms with E-state index in [1.165, 1.54) is 11.6 Å². The summed E-state index contributed by atoms with van der Waals surface area (Å²) in [5, 5.41) is 86.7. The topological polar surface area (TPSA) is 545 Å². The Morgan fingerprint density at radius 1 is 0.738 bits per heavy atom. The van der Waals surface area contributed by atoms with E-state index in [-0.39, 0.29) is 25.8 Å². The first kappa shape index (κ1) is 68.6. The fourth-order valence-electron chi connectivity index (χ4n) is 8.12. The first-order valence-corrected chi connectivity index (χ1v) is 28.5. The van der Waals surface area contributed by atoms with Gasteiger partial charge in [0.2, 0.25) is 55.9 Å². The van der Waals surface area contributed by atoms with E-state index in [4.69, 9.17) is 29.2 Å². The fourth-order valence-corrected chi connectivity index (χ4v) is 10.1. The number of primary amides is 1. The van der Waals surface area contributed by atoms with Gasteiger partial charge < -0.3 is 111 Å². The minimum atomic E-state index is -6.18. The average molecular weight is 1190 g/mol. The normalized spacial score (nSPS) is 26.3. The number of aryl methyl sites for hydroxylation is 2. The van der Waals surface area contributed by atoms with Gasteiger partial charge in [0, 0.05) is 47.0 Å². The van der Waals surface area contributed by atoms with E-state index in [1.54, 1.807) is 6.20 Å². The lowest BCUT2D eigenvalue weighted by Crippen LogP contribution is -2.70. The molecule has 1 aromatic heterocycles. The molecular formula is C43H68N10O25P2-4. The average Bonchev–Trinajstić information content (AvgIpc) is 3.86. The fraction of sp³-hybridized carbons (Fsp3) is 0.744. The number of nitrogens with one attached hydrogen (secondary N) is 6. The van der Waals surface area contributed by atoms with Crippen LogP contribution in [0.25, 0.3) is 0 Å². The van der Waals surface area contributed by atoms with Gasteiger partial charge in [-0.25, -0.2) is 0 Å². The van der Waals surface area contributed by atoms with Crippen LogP contribution >= 0.6 is 14.6 Å². The van der Waals surface area contributed by atoms with Crippen LogP contribution in [0.1, 0.15) is 85.3 Å². The number of unbranched alkanes of at least 4 members (excludes halogenated alkanes) is 1. The van der Waals surface area contributed by atoms with E-state index in [9.17, 15) is 92.7 Å². The van der Waals surface area contributed by atoms with Crippen molar-refractivity contribution in [1.82, 2.24) is 46.9 Å². The van der Waals surface area contributed by atoms with Crippen molar-refractivity contribution in [2.75, 3.05) is 20.3 Å². The molecule has 0 radical (unpaired) electrons. The summed E-state index contributed by atoms with van der Waals surface area (Å²) in [6.45, 7) is 3.43. The lowest BCUT2D eigenvalue weighted by Gasteiger charge is -2.50. The van der Waals surface area contributed by atoms with Gasteiger partial charge in [-0.15, -0.1) is 5.10 Å². The van der Waals surface area contributed by atoms with Crippen LogP contribution in [0, 0.1) is 0 Å². The first-order chi connectivity index (χ1) is 37.4. The molecule has 2 fully saturated rings. The van der Waals surface area contributed by atoms with Crippen LogP contribution in [0.5, 0.6) is 0 Å². The predicted molar refractivity (Wildman–Crippen MR) is 256 cm³/mol. The molecule has 80 heavy (non-hydrogen) atoms. The zero-order chi connectivity index (χ0) is 60.4. The van der Waals surface area contributed by atoms with E-state index >= 15 is 0 Å². The van der Waals surface area contributed by atoms with Gasteiger partial charge in [-0.1, -0.05) is 5.21 Å². The molecule has 3 rings (SSSR count). The number of amides is 7. The third-order valence-electron chi connectivity index (χ3n) is 12.2. The van der Waals surface area contributed by atoms with E-state index in [0.717, 1.165) is 27.7 Å². The van der Waals surface area contributed by atoms with Gasteiger partial charge in [-0.2, -0.15) is 0 Å². The molecule has 4 unspecified atom stereocenters. The van der Waals surface area contributed by atoms with Gasteiger partial charge in [-0.3, -0.25) is 51.9 Å². The Morgan fingerprint density at radius 3 is 1.89 bits per heavy atom. The van der Waals surface area contributed by atoms with Crippen molar-refractivity contribution in [3.05, 3.63) is 11.9 Å². The molecule has 2 aliphatic heterocycles. The maximum Gasteiger partial charge on any atom is 0.249 e. The number of aliphatic carboxylic acids is 2. The highest BCUT2D eigenvalue weighted by atomic mass is 32.1. The number of carboxylic acid groups (broad SMARTS) is 2. The van der Waals surface area contributed by atoms with Crippen molar-refractivity contribution in [1.29, 1.82) is 0 Å². The Bertz CT molecular complexity index is 2420. The summed E-state index contributed by atoms with van der Waals surface area (Å²) in [7, 11) is -11.6. The Labute approximate surface area is 456 Å². The zero-order valence-electron chi connectivity index (χ0n) is 44.2. The molecule has 2 saturated heterocycles. The maximum absolute atomic E-state index is 13.7. The van der Waals surface area contributed by atoms with E-state index in [0.29, 0.717) is 32.1 Å². The summed E-state index contributed by atoms with van der Waals surface area (Å²) in [6.07, 6.45) is -15.5. The van der Waals surface area contributed by atoms with Crippen LogP contribution < -0.4 is 57.6 Å². The summed E-state index contributed by atoms with van der Waals surface area (Å²) in [4.78, 5) is 137. The van der Waals surface area contributed by atoms with Crippen molar-refractivity contribution < 1.29 is 121 Å². The molecule has 12 N–H and O–H groups in total. The lowest BCUT2D eigenvalue weighted by atomic mass is 9.94. The number of hydrogen-bond donors (Lipinski definition) is 11. The van der Waals surface area contributed by atoms with E-state index in [1.807, 2.05) is 0 Å². The third kappa shape index (κ3) is 20.4. The quantitative estimate of drug-likeness (QED) is 0.0230. The van der Waals surface area contributed by atoms with Crippen molar-refractivity contribution in [2.45, 2.75) is 184 Å². The second kappa shape index (κ2) is 31.5. The van der Waals surface area contributed by atoms with Crippen LogP contribution in [-0.2, 0) is 93.2 Å². The molecule has 0 aliphatic carbocycles. The van der Waals surface area contributed by atoms with Crippen molar-refractivity contribution in [2.24, 2.45) is 5.73 Å². The number of carbonyl (C=O) groups is 9. The molecule has 37 heteroatoms. The second-order valence-corrected chi connectivity index (χ2v) is 23.9. The van der Waals surface area contributed by atoms with Gasteiger partial charge in [-0.05, 0) is 58.8 Å². The van der Waals surface area contributed by atoms with E-state index in [2.05, 4.69) is 46.7 Å². The molecule has 0 aromatic carbocycles. The summed E-state index contributed by atoms with van der Waals surface area (Å²) in [5.41, 5.74) is 6.02. The highest BCUT2D eigenvalue weighted by Gasteiger charge is 2.54. The smallest absolute Gasteiger partial charge is 0.249 e. The van der Waals surface area contributed by atoms with E-state index < -0.39 is 185 Å². The number of ether oxygens (including phenoxy) is 4. The van der Waals surface area contributed by atoms with Crippen LogP contribution in [0.15, 0.2) is 6.20 Å². The van der Waals surface area contributed by atoms with Crippen LogP contribution in [0.4, 0.5) is 0 Å². The highest BCUT2D eigenvalue weighted by molar-refractivity contribution is 8.25. The standard InChI is InChI=1S/C43H72N10O25P2/c1-19(38(63)50-25(37(44)62)13-14-30(59)49-27(41(67)68)11-7-8-15-53-16-24(51-52-53)10-9-12-26(40(65)66)46-21(3)56)45-39(64)20(2)74-36-32(48-23(5)58)43(78-80(71,72)79(69,70)73-6)76-29(18-55)35(36)77-42-31(47-22(4)57)34(61)33(60)28(17-54)75-42/h16,19-20,25-29,31-36,42-43,54-55,60-61H,7-15,17-18H2,1-6H3,(H2,44,62)(H,45,64)(H,46,56)(H,47,57)(H,48,58)(H,49,59)(H,50,63)(H,65,66)(H,67,68)(H,69,70)(H,71,72)/p-4/t19-,20+,25+,26?,27+,28+,29+,31+,32+,33+,34+,35?,36+,42-,43+/m0/s1. The Morgan fingerprint density at radius 2 is 1.32 bits per heavy atom. The summed E-state index contributed by atoms with van der Waals surface area (Å²) < 4.78 is 59.0. The predicted octanol–water partition coefficient (Wildman–Crippen LogP) is -9.48. The van der Waals surface area contributed by atoms with Crippen LogP contribution in [0.2, 0.25) is 0 Å². The molecule has 1 aromatic rings. The molecule has 0 saturated carbocycles. The van der Waals surface area contributed by atoms with Gasteiger partial charge in [0.1, 0.15) is 66.9 Å².